The minimum atomic E-state index is 0.222. The summed E-state index contributed by atoms with van der Waals surface area (Å²) in [5.74, 6) is 0.766. The molecule has 106 valence electrons. The number of aromatic nitrogens is 3. The standard InChI is InChI=1S/C14H19N5S/c1-9-13(17-10(2)20-9)12-5-6-16-14(18-12)19-7-3-4-11(15)8-19/h5-6,11H,3-4,7-8,15H2,1-2H3. The average molecular weight is 289 g/mol. The van der Waals surface area contributed by atoms with Crippen molar-refractivity contribution in [2.24, 2.45) is 5.73 Å². The summed E-state index contributed by atoms with van der Waals surface area (Å²) in [5, 5.41) is 1.07. The Labute approximate surface area is 122 Å². The summed E-state index contributed by atoms with van der Waals surface area (Å²) >= 11 is 1.70. The number of aryl methyl sites for hydroxylation is 2. The van der Waals surface area contributed by atoms with Crippen LogP contribution in [-0.2, 0) is 0 Å². The maximum absolute atomic E-state index is 6.03. The monoisotopic (exact) mass is 289 g/mol. The average Bonchev–Trinajstić information content (AvgIpc) is 2.78. The van der Waals surface area contributed by atoms with E-state index in [1.54, 1.807) is 11.3 Å². The lowest BCUT2D eigenvalue weighted by atomic mass is 10.1. The van der Waals surface area contributed by atoms with Crippen LogP contribution in [0.25, 0.3) is 11.4 Å². The van der Waals surface area contributed by atoms with Gasteiger partial charge in [0.05, 0.1) is 10.7 Å². The molecule has 1 aliphatic heterocycles. The van der Waals surface area contributed by atoms with Gasteiger partial charge in [-0.05, 0) is 32.8 Å². The Morgan fingerprint density at radius 2 is 2.20 bits per heavy atom. The van der Waals surface area contributed by atoms with Crippen molar-refractivity contribution in [1.82, 2.24) is 15.0 Å². The largest absolute Gasteiger partial charge is 0.339 e. The molecular formula is C14H19N5S. The molecule has 1 unspecified atom stereocenters. The first-order valence-corrected chi connectivity index (χ1v) is 7.73. The Morgan fingerprint density at radius 3 is 2.90 bits per heavy atom. The molecule has 2 N–H and O–H groups in total. The van der Waals surface area contributed by atoms with E-state index in [-0.39, 0.29) is 6.04 Å². The Bertz CT molecular complexity index is 609. The van der Waals surface area contributed by atoms with E-state index in [2.05, 4.69) is 26.8 Å². The van der Waals surface area contributed by atoms with Gasteiger partial charge in [-0.15, -0.1) is 11.3 Å². The van der Waals surface area contributed by atoms with Gasteiger partial charge in [0.1, 0.15) is 5.69 Å². The van der Waals surface area contributed by atoms with E-state index < -0.39 is 0 Å². The number of hydrogen-bond acceptors (Lipinski definition) is 6. The zero-order chi connectivity index (χ0) is 14.1. The van der Waals surface area contributed by atoms with Gasteiger partial charge in [0.2, 0.25) is 5.95 Å². The van der Waals surface area contributed by atoms with Crippen molar-refractivity contribution in [3.05, 3.63) is 22.1 Å². The van der Waals surface area contributed by atoms with E-state index in [0.717, 1.165) is 48.3 Å². The molecule has 2 aromatic rings. The lowest BCUT2D eigenvalue weighted by molar-refractivity contribution is 0.500. The first-order chi connectivity index (χ1) is 9.63. The third-order valence-corrected chi connectivity index (χ3v) is 4.42. The molecule has 3 heterocycles. The Morgan fingerprint density at radius 1 is 1.35 bits per heavy atom. The second kappa shape index (κ2) is 5.46. The highest BCUT2D eigenvalue weighted by atomic mass is 32.1. The Hall–Kier alpha value is -1.53. The zero-order valence-electron chi connectivity index (χ0n) is 11.8. The number of hydrogen-bond donors (Lipinski definition) is 1. The van der Waals surface area contributed by atoms with Crippen LogP contribution in [0.1, 0.15) is 22.7 Å². The van der Waals surface area contributed by atoms with Crippen LogP contribution in [0.3, 0.4) is 0 Å². The van der Waals surface area contributed by atoms with Crippen LogP contribution in [0.5, 0.6) is 0 Å². The molecule has 0 aromatic carbocycles. The van der Waals surface area contributed by atoms with Crippen LogP contribution in [0.15, 0.2) is 12.3 Å². The molecular weight excluding hydrogens is 270 g/mol. The third kappa shape index (κ3) is 2.66. The molecule has 0 aliphatic carbocycles. The van der Waals surface area contributed by atoms with Crippen LogP contribution in [0.4, 0.5) is 5.95 Å². The molecule has 0 saturated carbocycles. The van der Waals surface area contributed by atoms with Crippen molar-refractivity contribution in [3.8, 4) is 11.4 Å². The molecule has 20 heavy (non-hydrogen) atoms. The lowest BCUT2D eigenvalue weighted by Crippen LogP contribution is -2.43. The van der Waals surface area contributed by atoms with Crippen molar-refractivity contribution in [1.29, 1.82) is 0 Å². The molecule has 1 fully saturated rings. The second-order valence-corrected chi connectivity index (χ2v) is 6.64. The summed E-state index contributed by atoms with van der Waals surface area (Å²) < 4.78 is 0. The van der Waals surface area contributed by atoms with Crippen LogP contribution in [0.2, 0.25) is 0 Å². The number of thiazole rings is 1. The highest BCUT2D eigenvalue weighted by Gasteiger charge is 2.19. The molecule has 1 atom stereocenters. The fourth-order valence-electron chi connectivity index (χ4n) is 2.59. The number of anilines is 1. The van der Waals surface area contributed by atoms with E-state index >= 15 is 0 Å². The molecule has 0 radical (unpaired) electrons. The number of rotatable bonds is 2. The van der Waals surface area contributed by atoms with Gasteiger partial charge in [-0.2, -0.15) is 0 Å². The van der Waals surface area contributed by atoms with E-state index in [1.165, 1.54) is 4.88 Å². The summed E-state index contributed by atoms with van der Waals surface area (Å²) in [6, 6.07) is 2.15. The second-order valence-electron chi connectivity index (χ2n) is 5.23. The highest BCUT2D eigenvalue weighted by Crippen LogP contribution is 2.26. The maximum atomic E-state index is 6.03. The molecule has 0 spiro atoms. The normalized spacial score (nSPS) is 19.4. The van der Waals surface area contributed by atoms with E-state index in [9.17, 15) is 0 Å². The van der Waals surface area contributed by atoms with Gasteiger partial charge in [-0.3, -0.25) is 0 Å². The zero-order valence-corrected chi connectivity index (χ0v) is 12.7. The first-order valence-electron chi connectivity index (χ1n) is 6.91. The number of piperidine rings is 1. The van der Waals surface area contributed by atoms with Crippen LogP contribution in [0, 0.1) is 13.8 Å². The SMILES string of the molecule is Cc1nc(-c2ccnc(N3CCCC(N)C3)n2)c(C)s1. The molecule has 0 bridgehead atoms. The van der Waals surface area contributed by atoms with Gasteiger partial charge in [-0.1, -0.05) is 0 Å². The fraction of sp³-hybridized carbons (Fsp3) is 0.500. The summed E-state index contributed by atoms with van der Waals surface area (Å²) in [5.41, 5.74) is 7.90. The van der Waals surface area contributed by atoms with Crippen molar-refractivity contribution < 1.29 is 0 Å². The first kappa shape index (κ1) is 13.5. The van der Waals surface area contributed by atoms with Crippen LogP contribution in [-0.4, -0.2) is 34.1 Å². The van der Waals surface area contributed by atoms with Gasteiger partial charge < -0.3 is 10.6 Å². The fourth-order valence-corrected chi connectivity index (χ4v) is 3.42. The van der Waals surface area contributed by atoms with Crippen molar-refractivity contribution in [3.63, 3.8) is 0 Å². The predicted molar refractivity (Wildman–Crippen MR) is 82.0 cm³/mol. The van der Waals surface area contributed by atoms with Gasteiger partial charge in [0.15, 0.2) is 0 Å². The Kier molecular flexibility index (Phi) is 3.67. The summed E-state index contributed by atoms with van der Waals surface area (Å²) in [6.07, 6.45) is 4.00. The minimum Gasteiger partial charge on any atom is -0.339 e. The summed E-state index contributed by atoms with van der Waals surface area (Å²) in [4.78, 5) is 17.0. The number of nitrogens with zero attached hydrogens (tertiary/aromatic N) is 4. The molecule has 1 saturated heterocycles. The number of nitrogens with two attached hydrogens (primary N) is 1. The Balaban J connectivity index is 1.91. The smallest absolute Gasteiger partial charge is 0.225 e. The molecule has 2 aromatic heterocycles. The molecule has 5 nitrogen and oxygen atoms in total. The van der Waals surface area contributed by atoms with E-state index in [0.29, 0.717) is 0 Å². The van der Waals surface area contributed by atoms with Gasteiger partial charge >= 0.3 is 0 Å². The third-order valence-electron chi connectivity index (χ3n) is 3.53. The van der Waals surface area contributed by atoms with Crippen LogP contribution < -0.4 is 10.6 Å². The summed E-state index contributed by atoms with van der Waals surface area (Å²) in [7, 11) is 0. The van der Waals surface area contributed by atoms with Crippen molar-refractivity contribution >= 4 is 17.3 Å². The summed E-state index contributed by atoms with van der Waals surface area (Å²) in [6.45, 7) is 5.91. The van der Waals surface area contributed by atoms with Crippen molar-refractivity contribution in [2.75, 3.05) is 18.0 Å². The maximum Gasteiger partial charge on any atom is 0.225 e. The molecule has 6 heteroatoms. The highest BCUT2D eigenvalue weighted by molar-refractivity contribution is 7.11. The topological polar surface area (TPSA) is 67.9 Å². The van der Waals surface area contributed by atoms with Gasteiger partial charge in [0.25, 0.3) is 0 Å². The molecule has 0 amide bonds. The van der Waals surface area contributed by atoms with Crippen molar-refractivity contribution in [2.45, 2.75) is 32.7 Å². The van der Waals surface area contributed by atoms with Gasteiger partial charge in [0, 0.05) is 30.2 Å². The lowest BCUT2D eigenvalue weighted by Gasteiger charge is -2.30. The van der Waals surface area contributed by atoms with E-state index in [4.69, 9.17) is 5.73 Å². The molecule has 1 aliphatic rings. The quantitative estimate of drug-likeness (QED) is 0.917. The predicted octanol–water partition coefficient (Wildman–Crippen LogP) is 2.14. The minimum absolute atomic E-state index is 0.222. The van der Waals surface area contributed by atoms with E-state index in [1.807, 2.05) is 19.2 Å². The molecule has 3 rings (SSSR count). The van der Waals surface area contributed by atoms with Crippen LogP contribution >= 0.6 is 11.3 Å². The van der Waals surface area contributed by atoms with Gasteiger partial charge in [-0.25, -0.2) is 15.0 Å².